The molecule has 5 N–H and O–H groups in total. The van der Waals surface area contributed by atoms with Gasteiger partial charge in [-0.15, -0.1) is 0 Å². The Bertz CT molecular complexity index is 2530. The molecule has 0 saturated heterocycles. The molecular formula is C39H28Br5ClN6O3. The van der Waals surface area contributed by atoms with Crippen molar-refractivity contribution in [1.29, 1.82) is 0 Å². The van der Waals surface area contributed by atoms with Crippen LogP contribution in [0.1, 0.15) is 33.6 Å². The number of hydrogen-bond donors (Lipinski definition) is 3. The summed E-state index contributed by atoms with van der Waals surface area (Å²) in [6.45, 7) is 0. The topological polar surface area (TPSA) is 150 Å². The summed E-state index contributed by atoms with van der Waals surface area (Å²) in [5.41, 5.74) is 23.2. The zero-order valence-corrected chi connectivity index (χ0v) is 36.9. The van der Waals surface area contributed by atoms with Crippen molar-refractivity contribution < 1.29 is 9.53 Å². The van der Waals surface area contributed by atoms with E-state index in [1.807, 2.05) is 60.7 Å². The zero-order chi connectivity index (χ0) is 38.7. The number of rotatable bonds is 1. The van der Waals surface area contributed by atoms with Crippen LogP contribution >= 0.6 is 91.3 Å². The van der Waals surface area contributed by atoms with Crippen molar-refractivity contribution in [2.45, 2.75) is 19.3 Å². The molecule has 0 aliphatic heterocycles. The van der Waals surface area contributed by atoms with E-state index in [0.29, 0.717) is 22.8 Å². The molecule has 2 aromatic heterocycles. The van der Waals surface area contributed by atoms with E-state index in [4.69, 9.17) is 27.8 Å². The number of allylic oxidation sites excluding steroid dienone is 1. The van der Waals surface area contributed by atoms with Crippen molar-refractivity contribution in [2.75, 3.05) is 12.8 Å². The number of nitrogens with zero attached hydrogens (tertiary/aromatic N) is 3. The fourth-order valence-corrected chi connectivity index (χ4v) is 8.29. The SMILES string of the molecule is COC(=O)C1=C(N)Cc2cc(Br)ccc21.Clc1ncnc2c1-c1ccc(Br)cc1C2.Nc1cc(Br)ccc1Br.O=c1[nH]cnc2c1-c1ccc(Br)cc1C2. The molecule has 274 valence electrons. The van der Waals surface area contributed by atoms with Crippen LogP contribution in [0.25, 0.3) is 27.8 Å². The third-order valence-corrected chi connectivity index (χ3v) is 11.6. The fraction of sp³-hybridized carbons (Fsp3) is 0.103. The molecule has 3 aliphatic carbocycles. The highest BCUT2D eigenvalue weighted by atomic mass is 79.9. The lowest BCUT2D eigenvalue weighted by molar-refractivity contribution is -0.133. The summed E-state index contributed by atoms with van der Waals surface area (Å²) in [5.74, 6) is -0.367. The van der Waals surface area contributed by atoms with Crippen LogP contribution in [0.3, 0.4) is 0 Å². The number of carbonyl (C=O) groups is 1. The number of carbonyl (C=O) groups excluding carboxylic acids is 1. The van der Waals surface area contributed by atoms with Crippen LogP contribution in [0.5, 0.6) is 0 Å². The minimum absolute atomic E-state index is 0.0546. The summed E-state index contributed by atoms with van der Waals surface area (Å²) in [7, 11) is 1.36. The van der Waals surface area contributed by atoms with Crippen LogP contribution in [-0.4, -0.2) is 33.0 Å². The van der Waals surface area contributed by atoms with E-state index in [-0.39, 0.29) is 11.5 Å². The first-order valence-electron chi connectivity index (χ1n) is 16.0. The van der Waals surface area contributed by atoms with Crippen molar-refractivity contribution in [3.8, 4) is 22.3 Å². The second kappa shape index (κ2) is 17.4. The Labute approximate surface area is 357 Å². The second-order valence-electron chi connectivity index (χ2n) is 12.0. The highest BCUT2D eigenvalue weighted by molar-refractivity contribution is 9.11. The lowest BCUT2D eigenvalue weighted by Crippen LogP contribution is -2.09. The molecule has 4 aromatic carbocycles. The first kappa shape index (κ1) is 40.0. The number of nitrogens with one attached hydrogen (secondary N) is 1. The number of esters is 1. The van der Waals surface area contributed by atoms with Crippen LogP contribution < -0.4 is 17.0 Å². The Morgan fingerprint density at radius 3 is 1.80 bits per heavy atom. The number of H-pyrrole nitrogens is 1. The third-order valence-electron chi connectivity index (χ3n) is 8.59. The minimum Gasteiger partial charge on any atom is -0.465 e. The average molecular weight is 1060 g/mol. The Hall–Kier alpha value is -3.66. The molecule has 0 unspecified atom stereocenters. The number of anilines is 1. The van der Waals surface area contributed by atoms with Crippen LogP contribution in [0, 0.1) is 0 Å². The number of hydrogen-bond acceptors (Lipinski definition) is 8. The van der Waals surface area contributed by atoms with Gasteiger partial charge in [0.2, 0.25) is 0 Å². The van der Waals surface area contributed by atoms with Gasteiger partial charge in [-0.05, 0) is 104 Å². The number of aromatic nitrogens is 4. The number of halogens is 6. The molecule has 54 heavy (non-hydrogen) atoms. The van der Waals surface area contributed by atoms with Crippen molar-refractivity contribution >= 4 is 108 Å². The van der Waals surface area contributed by atoms with Gasteiger partial charge in [-0.3, -0.25) is 4.79 Å². The summed E-state index contributed by atoms with van der Waals surface area (Å²) < 4.78 is 9.74. The molecule has 3 aliphatic rings. The number of aromatic amines is 1. The summed E-state index contributed by atoms with van der Waals surface area (Å²) in [6, 6.07) is 23.5. The molecule has 9 nitrogen and oxygen atoms in total. The molecule has 0 bridgehead atoms. The molecule has 0 amide bonds. The van der Waals surface area contributed by atoms with Gasteiger partial charge in [0.05, 0.1) is 36.0 Å². The molecule has 0 saturated carbocycles. The van der Waals surface area contributed by atoms with E-state index >= 15 is 0 Å². The van der Waals surface area contributed by atoms with E-state index in [2.05, 4.69) is 112 Å². The standard InChI is InChI=1S/C11H6BrClN2.C11H7BrN2O.C11H10BrNO2.C6H5Br2N/c12-7-1-2-8-6(3-7)4-9-10(8)11(13)15-5-14-9;12-7-1-2-8-6(3-7)4-9-10(8)11(15)14-5-13-9;1-15-11(14)10-8-3-2-7(12)4-6(8)5-9(10)13;7-4-1-2-5(8)6(9)3-4/h1-3,5H,4H2;1-3,5H,4H2,(H,13,14,15);2-4H,5,13H2,1H3;1-3H,9H2. The number of nitrogen functional groups attached to an aromatic ring is 1. The Morgan fingerprint density at radius 2 is 1.22 bits per heavy atom. The molecule has 0 fully saturated rings. The predicted molar refractivity (Wildman–Crippen MR) is 231 cm³/mol. The third kappa shape index (κ3) is 8.90. The van der Waals surface area contributed by atoms with Crippen LogP contribution in [0.2, 0.25) is 5.15 Å². The van der Waals surface area contributed by atoms with E-state index in [0.717, 1.165) is 91.2 Å². The first-order valence-corrected chi connectivity index (χ1v) is 20.4. The van der Waals surface area contributed by atoms with Gasteiger partial charge in [0.25, 0.3) is 5.56 Å². The first-order chi connectivity index (χ1) is 25.8. The van der Waals surface area contributed by atoms with Gasteiger partial charge in [0.15, 0.2) is 0 Å². The van der Waals surface area contributed by atoms with Crippen molar-refractivity contribution in [3.05, 3.63) is 163 Å². The van der Waals surface area contributed by atoms with Crippen LogP contribution in [0.15, 0.2) is 118 Å². The molecule has 6 aromatic rings. The van der Waals surface area contributed by atoms with E-state index in [9.17, 15) is 9.59 Å². The predicted octanol–water partition coefficient (Wildman–Crippen LogP) is 10.2. The van der Waals surface area contributed by atoms with Crippen LogP contribution in [0.4, 0.5) is 5.69 Å². The molecule has 0 spiro atoms. The van der Waals surface area contributed by atoms with Crippen LogP contribution in [-0.2, 0) is 28.8 Å². The van der Waals surface area contributed by atoms with Gasteiger partial charge in [0.1, 0.15) is 11.5 Å². The van der Waals surface area contributed by atoms with Crippen molar-refractivity contribution in [1.82, 2.24) is 19.9 Å². The maximum absolute atomic E-state index is 11.7. The monoisotopic (exact) mass is 1060 g/mol. The van der Waals surface area contributed by atoms with Gasteiger partial charge in [0, 0.05) is 58.6 Å². The Kier molecular flexibility index (Phi) is 12.9. The smallest absolute Gasteiger partial charge is 0.340 e. The number of methoxy groups -OCH3 is 1. The Balaban J connectivity index is 0.000000125. The highest BCUT2D eigenvalue weighted by Crippen LogP contribution is 2.40. The zero-order valence-electron chi connectivity index (χ0n) is 28.2. The Morgan fingerprint density at radius 1 is 0.704 bits per heavy atom. The summed E-state index contributed by atoms with van der Waals surface area (Å²) in [5, 5.41) is 0.543. The molecule has 15 heteroatoms. The van der Waals surface area contributed by atoms with Gasteiger partial charge in [-0.2, -0.15) is 0 Å². The maximum atomic E-state index is 11.7. The average Bonchev–Trinajstić information content (AvgIpc) is 3.80. The quantitative estimate of drug-likeness (QED) is 0.0836. The summed E-state index contributed by atoms with van der Waals surface area (Å²) in [4.78, 5) is 38.2. The number of nitrogens with two attached hydrogens (primary N) is 2. The lowest BCUT2D eigenvalue weighted by atomic mass is 10.1. The second-order valence-corrected chi connectivity index (χ2v) is 16.9. The minimum atomic E-state index is -0.367. The van der Waals surface area contributed by atoms with Gasteiger partial charge in [-0.25, -0.2) is 19.7 Å². The number of fused-ring (bicyclic) bond motifs is 7. The molecule has 0 radical (unpaired) electrons. The van der Waals surface area contributed by atoms with Gasteiger partial charge < -0.3 is 21.2 Å². The van der Waals surface area contributed by atoms with Crippen molar-refractivity contribution in [2.24, 2.45) is 5.73 Å². The van der Waals surface area contributed by atoms with Gasteiger partial charge >= 0.3 is 5.97 Å². The maximum Gasteiger partial charge on any atom is 0.340 e. The summed E-state index contributed by atoms with van der Waals surface area (Å²) >= 11 is 22.9. The summed E-state index contributed by atoms with van der Waals surface area (Å²) in [6.07, 6.45) is 5.17. The molecule has 9 rings (SSSR count). The molecular weight excluding hydrogens is 1040 g/mol. The van der Waals surface area contributed by atoms with E-state index in [1.54, 1.807) is 0 Å². The van der Waals surface area contributed by atoms with E-state index in [1.165, 1.54) is 25.3 Å². The van der Waals surface area contributed by atoms with Crippen molar-refractivity contribution in [3.63, 3.8) is 0 Å². The normalized spacial score (nSPS) is 12.4. The number of ether oxygens (including phenoxy) is 1. The van der Waals surface area contributed by atoms with Gasteiger partial charge in [-0.1, -0.05) is 93.5 Å². The lowest BCUT2D eigenvalue weighted by Gasteiger charge is -2.03. The molecule has 2 heterocycles. The fourth-order valence-electron chi connectivity index (χ4n) is 6.19. The number of benzene rings is 4. The highest BCUT2D eigenvalue weighted by Gasteiger charge is 2.26. The molecule has 0 atom stereocenters. The van der Waals surface area contributed by atoms with E-state index < -0.39 is 0 Å². The largest absolute Gasteiger partial charge is 0.465 e.